The number of nitrogens with zero attached hydrogens (tertiary/aromatic N) is 1. The molecule has 0 fully saturated rings. The number of amides is 1. The van der Waals surface area contributed by atoms with Gasteiger partial charge in [-0.05, 0) is 41.8 Å². The molecule has 152 valence electrons. The molecule has 1 aliphatic heterocycles. The van der Waals surface area contributed by atoms with Crippen LogP contribution in [0.25, 0.3) is 0 Å². The molecule has 2 atom stereocenters. The first kappa shape index (κ1) is 19.7. The van der Waals surface area contributed by atoms with E-state index >= 15 is 0 Å². The number of carbonyl (C=O) groups excluding carboxylic acids is 1. The van der Waals surface area contributed by atoms with Gasteiger partial charge in [-0.25, -0.2) is 0 Å². The Morgan fingerprint density at radius 1 is 0.967 bits per heavy atom. The highest BCUT2D eigenvalue weighted by Gasteiger charge is 2.44. The van der Waals surface area contributed by atoms with Crippen LogP contribution in [0.3, 0.4) is 0 Å². The molecule has 1 heterocycles. The van der Waals surface area contributed by atoms with Crippen LogP contribution in [0.5, 0.6) is 5.75 Å². The van der Waals surface area contributed by atoms with E-state index in [0.717, 1.165) is 11.1 Å². The molecule has 0 spiro atoms. The summed E-state index contributed by atoms with van der Waals surface area (Å²) in [5.41, 5.74) is 2.72. The van der Waals surface area contributed by atoms with Gasteiger partial charge in [0.2, 0.25) is 0 Å². The summed E-state index contributed by atoms with van der Waals surface area (Å²) in [7, 11) is 0. The zero-order valence-corrected chi connectivity index (χ0v) is 16.7. The predicted molar refractivity (Wildman–Crippen MR) is 113 cm³/mol. The molecular weight excluding hydrogens is 378 g/mol. The summed E-state index contributed by atoms with van der Waals surface area (Å²) < 4.78 is 5.53. The molecular formula is C25H23NO4. The summed E-state index contributed by atoms with van der Waals surface area (Å²) in [5, 5.41) is 10.2. The summed E-state index contributed by atoms with van der Waals surface area (Å²) in [6, 6.07) is 23.4. The van der Waals surface area contributed by atoms with Crippen LogP contribution in [0.15, 0.2) is 78.9 Å². The highest BCUT2D eigenvalue weighted by molar-refractivity contribution is 6.00. The molecule has 3 aromatic rings. The van der Waals surface area contributed by atoms with Crippen LogP contribution in [0.1, 0.15) is 45.9 Å². The van der Waals surface area contributed by atoms with Crippen molar-refractivity contribution in [1.82, 2.24) is 4.90 Å². The lowest BCUT2D eigenvalue weighted by Crippen LogP contribution is -2.44. The number of carbonyl (C=O) groups is 2. The fraction of sp³-hybridized carbons (Fsp3) is 0.200. The van der Waals surface area contributed by atoms with Crippen molar-refractivity contribution < 1.29 is 19.4 Å². The number of carboxylic acid groups (broad SMARTS) is 1. The average Bonchev–Trinajstić information content (AvgIpc) is 2.77. The van der Waals surface area contributed by atoms with E-state index < -0.39 is 17.9 Å². The van der Waals surface area contributed by atoms with Crippen LogP contribution in [0.4, 0.5) is 0 Å². The van der Waals surface area contributed by atoms with E-state index in [1.165, 1.54) is 0 Å². The van der Waals surface area contributed by atoms with Gasteiger partial charge in [0.1, 0.15) is 11.7 Å². The summed E-state index contributed by atoms with van der Waals surface area (Å²) in [6.45, 7) is 2.79. The van der Waals surface area contributed by atoms with Gasteiger partial charge in [-0.2, -0.15) is 0 Å². The molecule has 1 N–H and O–H groups in total. The van der Waals surface area contributed by atoms with Gasteiger partial charge in [0.25, 0.3) is 5.91 Å². The predicted octanol–water partition coefficient (Wildman–Crippen LogP) is 4.65. The number of aliphatic carboxylic acids is 1. The Bertz CT molecular complexity index is 1050. The van der Waals surface area contributed by atoms with E-state index in [2.05, 4.69) is 0 Å². The zero-order valence-electron chi connectivity index (χ0n) is 16.7. The third kappa shape index (κ3) is 3.66. The van der Waals surface area contributed by atoms with E-state index in [1.807, 2.05) is 61.5 Å². The number of hydrogen-bond donors (Lipinski definition) is 1. The first-order valence-electron chi connectivity index (χ1n) is 9.99. The number of fused-ring (bicyclic) bond motifs is 1. The maximum Gasteiger partial charge on any atom is 0.313 e. The number of ether oxygens (including phenoxy) is 1. The highest BCUT2D eigenvalue weighted by atomic mass is 16.5. The fourth-order valence-corrected chi connectivity index (χ4v) is 4.11. The van der Waals surface area contributed by atoms with Crippen LogP contribution in [0.2, 0.25) is 0 Å². The Balaban J connectivity index is 1.84. The van der Waals surface area contributed by atoms with E-state index in [1.54, 1.807) is 29.2 Å². The molecule has 2 unspecified atom stereocenters. The Morgan fingerprint density at radius 3 is 2.30 bits per heavy atom. The molecule has 4 rings (SSSR count). The largest absolute Gasteiger partial charge is 0.494 e. The Labute approximate surface area is 175 Å². The number of rotatable bonds is 6. The minimum Gasteiger partial charge on any atom is -0.494 e. The lowest BCUT2D eigenvalue weighted by Gasteiger charge is -2.41. The van der Waals surface area contributed by atoms with Crippen molar-refractivity contribution in [3.05, 3.63) is 101 Å². The smallest absolute Gasteiger partial charge is 0.313 e. The van der Waals surface area contributed by atoms with E-state index in [4.69, 9.17) is 4.74 Å². The third-order valence-electron chi connectivity index (χ3n) is 5.43. The second-order valence-electron chi connectivity index (χ2n) is 7.27. The average molecular weight is 401 g/mol. The van der Waals surface area contributed by atoms with Gasteiger partial charge < -0.3 is 14.7 Å². The summed E-state index contributed by atoms with van der Waals surface area (Å²) in [5.74, 6) is -1.26. The van der Waals surface area contributed by atoms with Gasteiger partial charge in [0, 0.05) is 12.1 Å². The van der Waals surface area contributed by atoms with E-state index in [9.17, 15) is 14.7 Å². The Kier molecular flexibility index (Phi) is 5.53. The van der Waals surface area contributed by atoms with Crippen molar-refractivity contribution in [2.75, 3.05) is 6.61 Å². The van der Waals surface area contributed by atoms with Crippen molar-refractivity contribution >= 4 is 11.9 Å². The van der Waals surface area contributed by atoms with Gasteiger partial charge in [-0.3, -0.25) is 9.59 Å². The topological polar surface area (TPSA) is 66.8 Å². The van der Waals surface area contributed by atoms with Crippen LogP contribution in [-0.2, 0) is 11.3 Å². The third-order valence-corrected chi connectivity index (χ3v) is 5.43. The van der Waals surface area contributed by atoms with E-state index in [0.29, 0.717) is 30.0 Å². The standard InChI is InChI=1S/C25H23NO4/c1-2-30-19-14-12-18(13-15-19)23-22(25(28)29)20-10-6-7-11-21(20)24(27)26(23)16-17-8-4-3-5-9-17/h3-15,22-23H,2,16H2,1H3,(H,28,29). The fourth-order valence-electron chi connectivity index (χ4n) is 4.11. The van der Waals surface area contributed by atoms with Crippen LogP contribution in [0, 0.1) is 0 Å². The molecule has 0 aliphatic carbocycles. The normalized spacial score (nSPS) is 18.0. The summed E-state index contributed by atoms with van der Waals surface area (Å²) in [4.78, 5) is 27.5. The second kappa shape index (κ2) is 8.41. The van der Waals surface area contributed by atoms with Crippen LogP contribution < -0.4 is 4.74 Å². The Hall–Kier alpha value is -3.60. The van der Waals surface area contributed by atoms with Gasteiger partial charge in [-0.15, -0.1) is 0 Å². The Morgan fingerprint density at radius 2 is 1.63 bits per heavy atom. The number of benzene rings is 3. The van der Waals surface area contributed by atoms with Crippen molar-refractivity contribution in [3.8, 4) is 5.75 Å². The molecule has 1 amide bonds. The molecule has 0 aromatic heterocycles. The molecule has 30 heavy (non-hydrogen) atoms. The van der Waals surface area contributed by atoms with Gasteiger partial charge in [-0.1, -0.05) is 60.7 Å². The maximum absolute atomic E-state index is 13.5. The minimum atomic E-state index is -0.952. The first-order valence-corrected chi connectivity index (χ1v) is 9.99. The maximum atomic E-state index is 13.5. The lowest BCUT2D eigenvalue weighted by atomic mass is 9.79. The molecule has 1 aliphatic rings. The SMILES string of the molecule is CCOc1ccc(C2C(C(=O)O)c3ccccc3C(=O)N2Cc2ccccc2)cc1. The molecule has 0 saturated carbocycles. The van der Waals surface area contributed by atoms with Gasteiger partial charge in [0.05, 0.1) is 12.6 Å². The van der Waals surface area contributed by atoms with Crippen molar-refractivity contribution in [2.45, 2.75) is 25.4 Å². The van der Waals surface area contributed by atoms with Crippen molar-refractivity contribution in [2.24, 2.45) is 0 Å². The highest BCUT2D eigenvalue weighted by Crippen LogP contribution is 2.43. The molecule has 0 radical (unpaired) electrons. The number of carboxylic acids is 1. The zero-order chi connectivity index (χ0) is 21.1. The number of hydrogen-bond acceptors (Lipinski definition) is 3. The molecule has 5 heteroatoms. The molecule has 0 bridgehead atoms. The minimum absolute atomic E-state index is 0.161. The van der Waals surface area contributed by atoms with Crippen LogP contribution >= 0.6 is 0 Å². The first-order chi connectivity index (χ1) is 14.6. The molecule has 5 nitrogen and oxygen atoms in total. The molecule has 3 aromatic carbocycles. The summed E-state index contributed by atoms with van der Waals surface area (Å²) >= 11 is 0. The van der Waals surface area contributed by atoms with E-state index in [-0.39, 0.29) is 5.91 Å². The van der Waals surface area contributed by atoms with Gasteiger partial charge >= 0.3 is 5.97 Å². The molecule has 0 saturated heterocycles. The quantitative estimate of drug-likeness (QED) is 0.653. The van der Waals surface area contributed by atoms with Crippen molar-refractivity contribution in [1.29, 1.82) is 0 Å². The van der Waals surface area contributed by atoms with Crippen LogP contribution in [-0.4, -0.2) is 28.5 Å². The second-order valence-corrected chi connectivity index (χ2v) is 7.27. The van der Waals surface area contributed by atoms with Crippen molar-refractivity contribution in [3.63, 3.8) is 0 Å². The van der Waals surface area contributed by atoms with Gasteiger partial charge in [0.15, 0.2) is 0 Å². The monoisotopic (exact) mass is 401 g/mol. The lowest BCUT2D eigenvalue weighted by molar-refractivity contribution is -0.140. The summed E-state index contributed by atoms with van der Waals surface area (Å²) in [6.07, 6.45) is 0.